The molecule has 0 amide bonds. The Kier molecular flexibility index (Phi) is 4.11. The molecule has 0 saturated heterocycles. The van der Waals surface area contributed by atoms with Gasteiger partial charge in [0.1, 0.15) is 0 Å². The molecule has 1 unspecified atom stereocenters. The normalized spacial score (nSPS) is 17.5. The molecule has 0 N–H and O–H groups in total. The molecule has 0 aliphatic heterocycles. The largest absolute Gasteiger partial charge is 0.411 e. The lowest BCUT2D eigenvalue weighted by molar-refractivity contribution is 0.464. The minimum absolute atomic E-state index is 0.388. The summed E-state index contributed by atoms with van der Waals surface area (Å²) in [5, 5.41) is 9.41. The molecule has 116 valence electrons. The van der Waals surface area contributed by atoms with Crippen LogP contribution in [-0.4, -0.2) is 15.2 Å². The van der Waals surface area contributed by atoms with Gasteiger partial charge >= 0.3 is 0 Å². The lowest BCUT2D eigenvalue weighted by Gasteiger charge is -2.14. The van der Waals surface area contributed by atoms with Gasteiger partial charge in [-0.3, -0.25) is 4.98 Å². The van der Waals surface area contributed by atoms with E-state index in [1.807, 2.05) is 12.1 Å². The van der Waals surface area contributed by atoms with Gasteiger partial charge in [-0.25, -0.2) is 0 Å². The third kappa shape index (κ3) is 3.15. The van der Waals surface area contributed by atoms with Gasteiger partial charge in [0, 0.05) is 23.2 Å². The van der Waals surface area contributed by atoms with Crippen LogP contribution in [0.5, 0.6) is 0 Å². The fourth-order valence-electron chi connectivity index (χ4n) is 2.99. The average molecular weight is 323 g/mol. The Morgan fingerprint density at radius 2 is 1.87 bits per heavy atom. The summed E-state index contributed by atoms with van der Waals surface area (Å²) in [6.45, 7) is 0. The third-order valence-corrected chi connectivity index (χ3v) is 5.28. The smallest absolute Gasteiger partial charge is 0.277 e. The van der Waals surface area contributed by atoms with Crippen LogP contribution in [0.2, 0.25) is 0 Å². The van der Waals surface area contributed by atoms with Gasteiger partial charge < -0.3 is 4.42 Å². The number of rotatable bonds is 3. The van der Waals surface area contributed by atoms with E-state index in [2.05, 4.69) is 39.4 Å². The highest BCUT2D eigenvalue weighted by Crippen LogP contribution is 2.42. The molecular weight excluding hydrogens is 306 g/mol. The first kappa shape index (κ1) is 14.5. The van der Waals surface area contributed by atoms with E-state index in [-0.39, 0.29) is 0 Å². The zero-order valence-corrected chi connectivity index (χ0v) is 13.5. The van der Waals surface area contributed by atoms with Crippen molar-refractivity contribution in [2.45, 2.75) is 36.2 Å². The van der Waals surface area contributed by atoms with Gasteiger partial charge in [0.25, 0.3) is 5.22 Å². The SMILES string of the molecule is c1ccc2c(c1)CCCCC2Sc1nnc(-c2ccncc2)o1. The monoisotopic (exact) mass is 323 g/mol. The van der Waals surface area contributed by atoms with Crippen molar-refractivity contribution >= 4 is 11.8 Å². The molecule has 1 atom stereocenters. The molecule has 5 heteroatoms. The fraction of sp³-hybridized carbons (Fsp3) is 0.278. The number of fused-ring (bicyclic) bond motifs is 1. The highest BCUT2D eigenvalue weighted by atomic mass is 32.2. The van der Waals surface area contributed by atoms with E-state index in [0.717, 1.165) is 12.0 Å². The summed E-state index contributed by atoms with van der Waals surface area (Å²) in [7, 11) is 0. The summed E-state index contributed by atoms with van der Waals surface area (Å²) < 4.78 is 5.84. The maximum absolute atomic E-state index is 5.84. The second-order valence-electron chi connectivity index (χ2n) is 5.66. The quantitative estimate of drug-likeness (QED) is 0.654. The Morgan fingerprint density at radius 3 is 2.78 bits per heavy atom. The third-order valence-electron chi connectivity index (χ3n) is 4.14. The van der Waals surface area contributed by atoms with Crippen molar-refractivity contribution in [2.75, 3.05) is 0 Å². The molecule has 4 rings (SSSR count). The highest BCUT2D eigenvalue weighted by Gasteiger charge is 2.22. The number of aryl methyl sites for hydroxylation is 1. The number of nitrogens with zero attached hydrogens (tertiary/aromatic N) is 3. The van der Waals surface area contributed by atoms with E-state index in [9.17, 15) is 0 Å². The Balaban J connectivity index is 1.58. The molecule has 2 aromatic heterocycles. The maximum atomic E-state index is 5.84. The van der Waals surface area contributed by atoms with Crippen LogP contribution < -0.4 is 0 Å². The minimum Gasteiger partial charge on any atom is -0.411 e. The molecule has 1 aliphatic carbocycles. The molecule has 0 saturated carbocycles. The number of hydrogen-bond donors (Lipinski definition) is 0. The van der Waals surface area contributed by atoms with Crippen molar-refractivity contribution in [2.24, 2.45) is 0 Å². The fourth-order valence-corrected chi connectivity index (χ4v) is 4.09. The van der Waals surface area contributed by atoms with Crippen LogP contribution in [0.15, 0.2) is 58.4 Å². The number of thioether (sulfide) groups is 1. The van der Waals surface area contributed by atoms with Crippen LogP contribution >= 0.6 is 11.8 Å². The summed E-state index contributed by atoms with van der Waals surface area (Å²) in [6.07, 6.45) is 8.26. The molecule has 23 heavy (non-hydrogen) atoms. The van der Waals surface area contributed by atoms with Gasteiger partial charge in [0.2, 0.25) is 5.89 Å². The Hall–Kier alpha value is -2.14. The zero-order valence-electron chi connectivity index (χ0n) is 12.7. The molecule has 1 aliphatic rings. The van der Waals surface area contributed by atoms with Crippen LogP contribution in [0.4, 0.5) is 0 Å². The summed E-state index contributed by atoms with van der Waals surface area (Å²) in [5.41, 5.74) is 3.77. The van der Waals surface area contributed by atoms with Crippen LogP contribution in [-0.2, 0) is 6.42 Å². The Labute approximate surface area is 139 Å². The second kappa shape index (κ2) is 6.54. The first-order valence-corrected chi connectivity index (χ1v) is 8.76. The van der Waals surface area contributed by atoms with Crippen molar-refractivity contribution in [1.29, 1.82) is 0 Å². The van der Waals surface area contributed by atoms with Crippen LogP contribution in [0.1, 0.15) is 35.6 Å². The molecular formula is C18H17N3OS. The van der Waals surface area contributed by atoms with Crippen molar-refractivity contribution < 1.29 is 4.42 Å². The van der Waals surface area contributed by atoms with Gasteiger partial charge in [0.15, 0.2) is 0 Å². The first-order valence-electron chi connectivity index (χ1n) is 7.88. The van der Waals surface area contributed by atoms with Gasteiger partial charge in [-0.2, -0.15) is 0 Å². The Morgan fingerprint density at radius 1 is 1.00 bits per heavy atom. The number of aromatic nitrogens is 3. The molecule has 3 aromatic rings. The standard InChI is InChI=1S/C18H17N3OS/c1-3-7-15-13(5-1)6-2-4-8-16(15)23-18-21-20-17(22-18)14-9-11-19-12-10-14/h1,3,5,7,9-12,16H,2,4,6,8H2. The molecule has 0 spiro atoms. The van der Waals surface area contributed by atoms with E-state index in [1.165, 1.54) is 30.4 Å². The van der Waals surface area contributed by atoms with Crippen molar-refractivity contribution in [1.82, 2.24) is 15.2 Å². The van der Waals surface area contributed by atoms with Crippen molar-refractivity contribution in [3.63, 3.8) is 0 Å². The highest BCUT2D eigenvalue weighted by molar-refractivity contribution is 7.99. The summed E-state index contributed by atoms with van der Waals surface area (Å²) in [5.74, 6) is 0.553. The van der Waals surface area contributed by atoms with Crippen LogP contribution in [0.3, 0.4) is 0 Å². The van der Waals surface area contributed by atoms with E-state index in [0.29, 0.717) is 16.4 Å². The zero-order chi connectivity index (χ0) is 15.5. The Bertz CT molecular complexity index is 788. The van der Waals surface area contributed by atoms with Crippen LogP contribution in [0.25, 0.3) is 11.5 Å². The van der Waals surface area contributed by atoms with E-state index >= 15 is 0 Å². The molecule has 0 fully saturated rings. The summed E-state index contributed by atoms with van der Waals surface area (Å²) in [6, 6.07) is 12.5. The van der Waals surface area contributed by atoms with Gasteiger partial charge in [-0.15, -0.1) is 10.2 Å². The number of pyridine rings is 1. The van der Waals surface area contributed by atoms with Gasteiger partial charge in [-0.05, 0) is 42.5 Å². The lowest BCUT2D eigenvalue weighted by atomic mass is 10.0. The number of hydrogen-bond acceptors (Lipinski definition) is 5. The second-order valence-corrected chi connectivity index (χ2v) is 6.81. The molecule has 2 heterocycles. The minimum atomic E-state index is 0.388. The van der Waals surface area contributed by atoms with Crippen molar-refractivity contribution in [3.05, 3.63) is 59.9 Å². The number of benzene rings is 1. The predicted octanol–water partition coefficient (Wildman–Crippen LogP) is 4.69. The maximum Gasteiger partial charge on any atom is 0.277 e. The molecule has 1 aromatic carbocycles. The van der Waals surface area contributed by atoms with Gasteiger partial charge in [-0.1, -0.05) is 42.4 Å². The lowest BCUT2D eigenvalue weighted by Crippen LogP contribution is -1.96. The van der Waals surface area contributed by atoms with Gasteiger partial charge in [0.05, 0.1) is 0 Å². The molecule has 0 radical (unpaired) electrons. The molecule has 0 bridgehead atoms. The topological polar surface area (TPSA) is 51.8 Å². The predicted molar refractivity (Wildman–Crippen MR) is 90.1 cm³/mol. The van der Waals surface area contributed by atoms with Crippen LogP contribution in [0, 0.1) is 0 Å². The summed E-state index contributed by atoms with van der Waals surface area (Å²) >= 11 is 1.68. The van der Waals surface area contributed by atoms with E-state index in [4.69, 9.17) is 4.42 Å². The molecule has 4 nitrogen and oxygen atoms in total. The summed E-state index contributed by atoms with van der Waals surface area (Å²) in [4.78, 5) is 4.01. The van der Waals surface area contributed by atoms with E-state index in [1.54, 1.807) is 24.2 Å². The average Bonchev–Trinajstić information content (AvgIpc) is 2.98. The first-order chi connectivity index (χ1) is 11.4. The van der Waals surface area contributed by atoms with E-state index < -0.39 is 0 Å². The van der Waals surface area contributed by atoms with Crippen molar-refractivity contribution in [3.8, 4) is 11.5 Å².